The second kappa shape index (κ2) is 6.24. The van der Waals surface area contributed by atoms with Crippen LogP contribution < -0.4 is 16.4 Å². The van der Waals surface area contributed by atoms with Gasteiger partial charge < -0.3 is 16.4 Å². The standard InChI is InChI=1S/C14H18F3N3O/c15-14(16,17)5-1-2-6-19-12-8-11-9(7-10(12)18)3-4-13(21)20-11/h7-8,19H,1-6,18H2,(H,20,21). The number of unbranched alkanes of at least 4 members (excludes halogenated alkanes) is 1. The molecule has 1 aliphatic heterocycles. The number of halogens is 3. The number of fused-ring (bicyclic) bond motifs is 1. The van der Waals surface area contributed by atoms with Gasteiger partial charge in [0.15, 0.2) is 0 Å². The molecule has 4 N–H and O–H groups in total. The Bertz CT molecular complexity index is 529. The van der Waals surface area contributed by atoms with Crippen molar-refractivity contribution in [2.24, 2.45) is 0 Å². The third kappa shape index (κ3) is 4.54. The summed E-state index contributed by atoms with van der Waals surface area (Å²) in [5.74, 6) is -0.0385. The fourth-order valence-corrected chi connectivity index (χ4v) is 2.27. The molecule has 1 amide bonds. The molecular weight excluding hydrogens is 283 g/mol. The highest BCUT2D eigenvalue weighted by Gasteiger charge is 2.25. The van der Waals surface area contributed by atoms with Crippen LogP contribution >= 0.6 is 0 Å². The molecule has 0 saturated heterocycles. The number of nitrogens with two attached hydrogens (primary N) is 1. The Morgan fingerprint density at radius 3 is 2.71 bits per heavy atom. The zero-order valence-corrected chi connectivity index (χ0v) is 11.5. The van der Waals surface area contributed by atoms with Crippen LogP contribution in [0.4, 0.5) is 30.2 Å². The number of nitrogen functional groups attached to an aromatic ring is 1. The molecular formula is C14H18F3N3O. The molecule has 1 heterocycles. The fraction of sp³-hybridized carbons (Fsp3) is 0.500. The third-order valence-corrected chi connectivity index (χ3v) is 3.37. The Morgan fingerprint density at radius 2 is 2.00 bits per heavy atom. The highest BCUT2D eigenvalue weighted by atomic mass is 19.4. The molecule has 0 radical (unpaired) electrons. The minimum absolute atomic E-state index is 0.0385. The normalized spacial score (nSPS) is 14.5. The molecule has 116 valence electrons. The summed E-state index contributed by atoms with van der Waals surface area (Å²) in [5, 5.41) is 5.79. The number of aryl methyl sites for hydroxylation is 1. The number of carbonyl (C=O) groups excluding carboxylic acids is 1. The van der Waals surface area contributed by atoms with E-state index < -0.39 is 12.6 Å². The van der Waals surface area contributed by atoms with Crippen molar-refractivity contribution in [3.05, 3.63) is 17.7 Å². The third-order valence-electron chi connectivity index (χ3n) is 3.37. The fourth-order valence-electron chi connectivity index (χ4n) is 2.27. The summed E-state index contributed by atoms with van der Waals surface area (Å²) in [6.45, 7) is 0.410. The largest absolute Gasteiger partial charge is 0.397 e. The Hall–Kier alpha value is -1.92. The average molecular weight is 301 g/mol. The SMILES string of the molecule is Nc1cc2c(cc1NCCCCC(F)(F)F)NC(=O)CC2. The zero-order valence-electron chi connectivity index (χ0n) is 11.5. The number of carbonyl (C=O) groups is 1. The molecule has 2 rings (SSSR count). The van der Waals surface area contributed by atoms with Crippen molar-refractivity contribution in [2.45, 2.75) is 38.3 Å². The van der Waals surface area contributed by atoms with Gasteiger partial charge in [0.1, 0.15) is 0 Å². The van der Waals surface area contributed by atoms with Crippen molar-refractivity contribution in [3.8, 4) is 0 Å². The van der Waals surface area contributed by atoms with Gasteiger partial charge in [0.2, 0.25) is 5.91 Å². The molecule has 0 bridgehead atoms. The lowest BCUT2D eigenvalue weighted by molar-refractivity contribution is -0.135. The first-order chi connectivity index (χ1) is 9.85. The second-order valence-electron chi connectivity index (χ2n) is 5.14. The summed E-state index contributed by atoms with van der Waals surface area (Å²) < 4.78 is 36.0. The van der Waals surface area contributed by atoms with Gasteiger partial charge in [-0.3, -0.25) is 4.79 Å². The number of hydrogen-bond acceptors (Lipinski definition) is 3. The predicted octanol–water partition coefficient (Wildman–Crippen LogP) is 3.30. The van der Waals surface area contributed by atoms with Gasteiger partial charge in [0.05, 0.1) is 11.4 Å². The van der Waals surface area contributed by atoms with Crippen molar-refractivity contribution < 1.29 is 18.0 Å². The van der Waals surface area contributed by atoms with Gasteiger partial charge in [-0.1, -0.05) is 0 Å². The van der Waals surface area contributed by atoms with E-state index in [-0.39, 0.29) is 12.3 Å². The summed E-state index contributed by atoms with van der Waals surface area (Å²) in [4.78, 5) is 11.3. The van der Waals surface area contributed by atoms with E-state index in [0.29, 0.717) is 37.2 Å². The summed E-state index contributed by atoms with van der Waals surface area (Å²) in [7, 11) is 0. The van der Waals surface area contributed by atoms with E-state index in [9.17, 15) is 18.0 Å². The van der Waals surface area contributed by atoms with Crippen LogP contribution in [-0.4, -0.2) is 18.6 Å². The number of hydrogen-bond donors (Lipinski definition) is 3. The monoisotopic (exact) mass is 301 g/mol. The van der Waals surface area contributed by atoms with Gasteiger partial charge in [0.25, 0.3) is 0 Å². The molecule has 0 aliphatic carbocycles. The average Bonchev–Trinajstić information content (AvgIpc) is 2.38. The molecule has 7 heteroatoms. The van der Waals surface area contributed by atoms with Crippen LogP contribution in [0.1, 0.15) is 31.2 Å². The topological polar surface area (TPSA) is 67.2 Å². The molecule has 0 aromatic heterocycles. The van der Waals surface area contributed by atoms with Gasteiger partial charge in [0, 0.05) is 25.1 Å². The van der Waals surface area contributed by atoms with E-state index in [0.717, 1.165) is 11.3 Å². The van der Waals surface area contributed by atoms with Crippen molar-refractivity contribution in [1.82, 2.24) is 0 Å². The molecule has 0 atom stereocenters. The summed E-state index contributed by atoms with van der Waals surface area (Å²) in [5.41, 5.74) is 8.79. The zero-order chi connectivity index (χ0) is 15.5. The van der Waals surface area contributed by atoms with E-state index in [1.165, 1.54) is 0 Å². The molecule has 0 fully saturated rings. The maximum Gasteiger partial charge on any atom is 0.389 e. The molecule has 21 heavy (non-hydrogen) atoms. The maximum atomic E-state index is 12.0. The summed E-state index contributed by atoms with van der Waals surface area (Å²) in [6.07, 6.45) is -3.30. The number of amides is 1. The van der Waals surface area contributed by atoms with E-state index in [1.807, 2.05) is 0 Å². The van der Waals surface area contributed by atoms with E-state index in [4.69, 9.17) is 5.73 Å². The Labute approximate surface area is 120 Å². The molecule has 0 unspecified atom stereocenters. The molecule has 1 aromatic carbocycles. The van der Waals surface area contributed by atoms with Crippen molar-refractivity contribution >= 4 is 23.0 Å². The van der Waals surface area contributed by atoms with E-state index >= 15 is 0 Å². The smallest absolute Gasteiger partial charge is 0.389 e. The Morgan fingerprint density at radius 1 is 1.24 bits per heavy atom. The summed E-state index contributed by atoms with van der Waals surface area (Å²) >= 11 is 0. The molecule has 0 saturated carbocycles. The van der Waals surface area contributed by atoms with Crippen LogP contribution in [0.3, 0.4) is 0 Å². The minimum Gasteiger partial charge on any atom is -0.397 e. The van der Waals surface area contributed by atoms with Crippen LogP contribution in [0.15, 0.2) is 12.1 Å². The van der Waals surface area contributed by atoms with Crippen molar-refractivity contribution in [1.29, 1.82) is 0 Å². The maximum absolute atomic E-state index is 12.0. The van der Waals surface area contributed by atoms with Crippen LogP contribution in [-0.2, 0) is 11.2 Å². The van der Waals surface area contributed by atoms with Gasteiger partial charge in [-0.15, -0.1) is 0 Å². The molecule has 0 spiro atoms. The highest BCUT2D eigenvalue weighted by Crippen LogP contribution is 2.31. The van der Waals surface area contributed by atoms with Crippen molar-refractivity contribution in [3.63, 3.8) is 0 Å². The Balaban J connectivity index is 1.89. The lowest BCUT2D eigenvalue weighted by Gasteiger charge is -2.19. The van der Waals surface area contributed by atoms with E-state index in [2.05, 4.69) is 10.6 Å². The van der Waals surface area contributed by atoms with Crippen molar-refractivity contribution in [2.75, 3.05) is 22.9 Å². The second-order valence-corrected chi connectivity index (χ2v) is 5.14. The molecule has 4 nitrogen and oxygen atoms in total. The van der Waals surface area contributed by atoms with Gasteiger partial charge >= 0.3 is 6.18 Å². The van der Waals surface area contributed by atoms with Gasteiger partial charge in [-0.2, -0.15) is 13.2 Å². The molecule has 1 aromatic rings. The van der Waals surface area contributed by atoms with Crippen LogP contribution in [0.25, 0.3) is 0 Å². The number of nitrogens with one attached hydrogen (secondary N) is 2. The quantitative estimate of drug-likeness (QED) is 0.577. The first kappa shape index (κ1) is 15.5. The van der Waals surface area contributed by atoms with Gasteiger partial charge in [-0.05, 0) is 37.0 Å². The number of rotatable bonds is 5. The van der Waals surface area contributed by atoms with Crippen LogP contribution in [0.5, 0.6) is 0 Å². The first-order valence-electron chi connectivity index (χ1n) is 6.88. The molecule has 1 aliphatic rings. The van der Waals surface area contributed by atoms with Crippen LogP contribution in [0, 0.1) is 0 Å². The minimum atomic E-state index is -4.10. The Kier molecular flexibility index (Phi) is 4.59. The van der Waals surface area contributed by atoms with Gasteiger partial charge in [-0.25, -0.2) is 0 Å². The lowest BCUT2D eigenvalue weighted by atomic mass is 10.0. The van der Waals surface area contributed by atoms with E-state index in [1.54, 1.807) is 12.1 Å². The van der Waals surface area contributed by atoms with Crippen LogP contribution in [0.2, 0.25) is 0 Å². The summed E-state index contributed by atoms with van der Waals surface area (Å²) in [6, 6.07) is 3.54. The number of alkyl halides is 3. The lowest BCUT2D eigenvalue weighted by Crippen LogP contribution is -2.19. The predicted molar refractivity (Wildman–Crippen MR) is 76.2 cm³/mol. The number of benzene rings is 1. The highest BCUT2D eigenvalue weighted by molar-refractivity contribution is 5.95. The number of anilines is 3. The first-order valence-corrected chi connectivity index (χ1v) is 6.88.